The molecule has 2 fully saturated rings. The molecule has 2 aliphatic heterocycles. The van der Waals surface area contributed by atoms with Crippen LogP contribution in [0.4, 0.5) is 11.4 Å². The minimum absolute atomic E-state index is 0.0129. The van der Waals surface area contributed by atoms with Gasteiger partial charge in [0.05, 0.1) is 22.0 Å². The van der Waals surface area contributed by atoms with Crippen molar-refractivity contribution < 1.29 is 23.1 Å². The van der Waals surface area contributed by atoms with Crippen LogP contribution < -0.4 is 9.62 Å². The Morgan fingerprint density at radius 3 is 2.53 bits per heavy atom. The van der Waals surface area contributed by atoms with E-state index in [1.165, 1.54) is 33.8 Å². The molecule has 4 rings (SSSR count). The summed E-state index contributed by atoms with van der Waals surface area (Å²) in [7, 11) is -3.35. The fourth-order valence-corrected chi connectivity index (χ4v) is 6.09. The number of piperidine rings is 1. The number of hydrogen-bond acceptors (Lipinski definition) is 6. The van der Waals surface area contributed by atoms with E-state index in [1.807, 2.05) is 11.4 Å². The number of rotatable bonds is 4. The number of benzene rings is 1. The van der Waals surface area contributed by atoms with Gasteiger partial charge in [-0.2, -0.15) is 0 Å². The average Bonchev–Trinajstić information content (AvgIpc) is 3.39. The summed E-state index contributed by atoms with van der Waals surface area (Å²) in [6.07, 6.45) is 1.61. The molecule has 2 amide bonds. The molecular formula is C20H23N3O5S2. The maximum absolute atomic E-state index is 12.7. The van der Waals surface area contributed by atoms with E-state index >= 15 is 0 Å². The van der Waals surface area contributed by atoms with Crippen LogP contribution >= 0.6 is 11.3 Å². The molecule has 10 heteroatoms. The quantitative estimate of drug-likeness (QED) is 0.698. The Kier molecular flexibility index (Phi) is 5.70. The van der Waals surface area contributed by atoms with Crippen molar-refractivity contribution >= 4 is 44.5 Å². The van der Waals surface area contributed by atoms with Crippen molar-refractivity contribution in [1.29, 1.82) is 0 Å². The van der Waals surface area contributed by atoms with Crippen LogP contribution in [0.1, 0.15) is 28.9 Å². The molecule has 0 bridgehead atoms. The van der Waals surface area contributed by atoms with Crippen LogP contribution in [0.2, 0.25) is 0 Å². The van der Waals surface area contributed by atoms with Crippen LogP contribution in [0.5, 0.6) is 5.75 Å². The molecule has 0 spiro atoms. The molecule has 0 radical (unpaired) electrons. The van der Waals surface area contributed by atoms with E-state index in [4.69, 9.17) is 0 Å². The first-order chi connectivity index (χ1) is 14.3. The Labute approximate surface area is 179 Å². The van der Waals surface area contributed by atoms with Gasteiger partial charge in [0.1, 0.15) is 5.75 Å². The third kappa shape index (κ3) is 4.15. The Bertz CT molecular complexity index is 1040. The Balaban J connectivity index is 1.40. The predicted molar refractivity (Wildman–Crippen MR) is 115 cm³/mol. The molecule has 0 unspecified atom stereocenters. The zero-order chi connectivity index (χ0) is 21.3. The molecule has 2 aliphatic rings. The number of anilines is 2. The predicted octanol–water partition coefficient (Wildman–Crippen LogP) is 2.48. The molecular weight excluding hydrogens is 426 g/mol. The number of sulfonamides is 1. The molecule has 160 valence electrons. The normalized spacial score (nSPS) is 19.1. The maximum Gasteiger partial charge on any atom is 0.263 e. The lowest BCUT2D eigenvalue weighted by atomic mass is 9.95. The summed E-state index contributed by atoms with van der Waals surface area (Å²) >= 11 is 1.40. The highest BCUT2D eigenvalue weighted by atomic mass is 32.2. The highest BCUT2D eigenvalue weighted by molar-refractivity contribution is 7.93. The number of aromatic hydroxyl groups is 1. The summed E-state index contributed by atoms with van der Waals surface area (Å²) in [5.74, 6) is -0.556. The summed E-state index contributed by atoms with van der Waals surface area (Å²) in [6.45, 7) is 1.37. The first-order valence-electron chi connectivity index (χ1n) is 9.82. The van der Waals surface area contributed by atoms with Gasteiger partial charge in [0.2, 0.25) is 15.9 Å². The molecule has 30 heavy (non-hydrogen) atoms. The van der Waals surface area contributed by atoms with Gasteiger partial charge in [-0.25, -0.2) is 8.42 Å². The molecule has 3 heterocycles. The molecule has 0 aliphatic carbocycles. The number of thiophene rings is 1. The lowest BCUT2D eigenvalue weighted by Gasteiger charge is -2.31. The highest BCUT2D eigenvalue weighted by Crippen LogP contribution is 2.33. The number of phenolic OH excluding ortho intramolecular Hbond substituents is 1. The van der Waals surface area contributed by atoms with Gasteiger partial charge in [-0.3, -0.25) is 13.9 Å². The van der Waals surface area contributed by atoms with Crippen molar-refractivity contribution in [2.75, 3.05) is 35.0 Å². The average molecular weight is 450 g/mol. The van der Waals surface area contributed by atoms with Gasteiger partial charge in [-0.05, 0) is 48.9 Å². The molecule has 2 aromatic rings. The zero-order valence-corrected chi connectivity index (χ0v) is 17.9. The van der Waals surface area contributed by atoms with Gasteiger partial charge in [0.25, 0.3) is 5.91 Å². The van der Waals surface area contributed by atoms with E-state index in [-0.39, 0.29) is 34.9 Å². The smallest absolute Gasteiger partial charge is 0.263 e. The summed E-state index contributed by atoms with van der Waals surface area (Å²) in [4.78, 5) is 27.6. The standard InChI is InChI=1S/C20H23N3O5S2/c24-17-5-4-15(23-8-2-12-30(23,27)28)13-16(17)21-19(25)14-6-9-22(10-7-14)20(26)18-3-1-11-29-18/h1,3-5,11,13-14,24H,2,6-10,12H2,(H,21,25). The van der Waals surface area contributed by atoms with Gasteiger partial charge in [-0.15, -0.1) is 11.3 Å². The molecule has 8 nitrogen and oxygen atoms in total. The molecule has 2 N–H and O–H groups in total. The van der Waals surface area contributed by atoms with Crippen LogP contribution in [-0.2, 0) is 14.8 Å². The molecule has 2 saturated heterocycles. The topological polar surface area (TPSA) is 107 Å². The van der Waals surface area contributed by atoms with Gasteiger partial charge in [0.15, 0.2) is 0 Å². The number of nitrogens with one attached hydrogen (secondary N) is 1. The third-order valence-corrected chi connectivity index (χ3v) is 8.24. The molecule has 0 saturated carbocycles. The molecule has 1 aromatic carbocycles. The number of amides is 2. The van der Waals surface area contributed by atoms with Gasteiger partial charge < -0.3 is 15.3 Å². The lowest BCUT2D eigenvalue weighted by Crippen LogP contribution is -2.41. The van der Waals surface area contributed by atoms with Gasteiger partial charge in [0, 0.05) is 25.6 Å². The van der Waals surface area contributed by atoms with Crippen LogP contribution in [0.3, 0.4) is 0 Å². The fraction of sp³-hybridized carbons (Fsp3) is 0.400. The number of carbonyl (C=O) groups excluding carboxylic acids is 2. The second kappa shape index (κ2) is 8.27. The van der Waals surface area contributed by atoms with Crippen molar-refractivity contribution in [3.63, 3.8) is 0 Å². The Morgan fingerprint density at radius 1 is 1.13 bits per heavy atom. The van der Waals surface area contributed by atoms with Crippen LogP contribution in [0.15, 0.2) is 35.7 Å². The summed E-state index contributed by atoms with van der Waals surface area (Å²) in [5, 5.41) is 14.7. The second-order valence-electron chi connectivity index (χ2n) is 7.48. The summed E-state index contributed by atoms with van der Waals surface area (Å²) in [5.41, 5.74) is 0.619. The number of likely N-dealkylation sites (tertiary alicyclic amines) is 1. The monoisotopic (exact) mass is 449 g/mol. The summed E-state index contributed by atoms with van der Waals surface area (Å²) < 4.78 is 25.6. The first kappa shape index (κ1) is 20.7. The second-order valence-corrected chi connectivity index (χ2v) is 10.4. The Morgan fingerprint density at radius 2 is 1.90 bits per heavy atom. The van der Waals surface area contributed by atoms with Crippen molar-refractivity contribution in [3.8, 4) is 5.75 Å². The largest absolute Gasteiger partial charge is 0.506 e. The maximum atomic E-state index is 12.7. The van der Waals surface area contributed by atoms with E-state index in [0.29, 0.717) is 49.5 Å². The van der Waals surface area contributed by atoms with E-state index < -0.39 is 10.0 Å². The zero-order valence-electron chi connectivity index (χ0n) is 16.3. The van der Waals surface area contributed by atoms with Crippen molar-refractivity contribution in [2.45, 2.75) is 19.3 Å². The third-order valence-electron chi connectivity index (χ3n) is 5.51. The number of hydrogen-bond donors (Lipinski definition) is 2. The van der Waals surface area contributed by atoms with Crippen LogP contribution in [0.25, 0.3) is 0 Å². The summed E-state index contributed by atoms with van der Waals surface area (Å²) in [6, 6.07) is 8.05. The van der Waals surface area contributed by atoms with Crippen LogP contribution in [0, 0.1) is 5.92 Å². The van der Waals surface area contributed by atoms with Crippen LogP contribution in [-0.4, -0.2) is 55.6 Å². The molecule has 1 aromatic heterocycles. The van der Waals surface area contributed by atoms with Gasteiger partial charge >= 0.3 is 0 Å². The van der Waals surface area contributed by atoms with E-state index in [2.05, 4.69) is 5.32 Å². The fourth-order valence-electron chi connectivity index (χ4n) is 3.84. The van der Waals surface area contributed by atoms with E-state index in [9.17, 15) is 23.1 Å². The SMILES string of the molecule is O=C(Nc1cc(N2CCCS2(=O)=O)ccc1O)C1CCN(C(=O)c2cccs2)CC1. The minimum Gasteiger partial charge on any atom is -0.506 e. The number of nitrogens with zero attached hydrogens (tertiary/aromatic N) is 2. The van der Waals surface area contributed by atoms with E-state index in [1.54, 1.807) is 11.0 Å². The number of carbonyl (C=O) groups is 2. The van der Waals surface area contributed by atoms with Gasteiger partial charge in [-0.1, -0.05) is 6.07 Å². The minimum atomic E-state index is -3.35. The first-order valence-corrected chi connectivity index (χ1v) is 12.3. The van der Waals surface area contributed by atoms with E-state index in [0.717, 1.165) is 0 Å². The lowest BCUT2D eigenvalue weighted by molar-refractivity contribution is -0.121. The highest BCUT2D eigenvalue weighted by Gasteiger charge is 2.30. The number of phenols is 1. The Hall–Kier alpha value is -2.59. The molecule has 0 atom stereocenters. The van der Waals surface area contributed by atoms with Crippen molar-refractivity contribution in [1.82, 2.24) is 4.90 Å². The van der Waals surface area contributed by atoms with Crippen molar-refractivity contribution in [2.24, 2.45) is 5.92 Å². The van der Waals surface area contributed by atoms with Crippen molar-refractivity contribution in [3.05, 3.63) is 40.6 Å².